The van der Waals surface area contributed by atoms with E-state index in [0.717, 1.165) is 5.82 Å². The normalized spacial score (nSPS) is 10.9. The standard InChI is InChI=1S/C12H18N4O/c1-4-12(5-2,9-13)11(17)16(3)8-10-14-6-7-15-10/h6-7H,4-5,8H2,1-3H3,(H,14,15). The number of nitrogens with zero attached hydrogens (tertiary/aromatic N) is 3. The van der Waals surface area contributed by atoms with E-state index in [1.807, 2.05) is 13.8 Å². The second-order valence-electron chi connectivity index (χ2n) is 4.10. The van der Waals surface area contributed by atoms with E-state index in [1.54, 1.807) is 24.3 Å². The van der Waals surface area contributed by atoms with Gasteiger partial charge in [-0.1, -0.05) is 13.8 Å². The van der Waals surface area contributed by atoms with E-state index in [2.05, 4.69) is 16.0 Å². The number of hydrogen-bond donors (Lipinski definition) is 1. The van der Waals surface area contributed by atoms with Gasteiger partial charge in [0.25, 0.3) is 0 Å². The third kappa shape index (κ3) is 2.64. The average molecular weight is 234 g/mol. The van der Waals surface area contributed by atoms with Crippen molar-refractivity contribution in [2.24, 2.45) is 5.41 Å². The largest absolute Gasteiger partial charge is 0.347 e. The predicted molar refractivity (Wildman–Crippen MR) is 63.7 cm³/mol. The molecule has 1 aromatic heterocycles. The zero-order chi connectivity index (χ0) is 12.9. The van der Waals surface area contributed by atoms with Crippen LogP contribution in [0.2, 0.25) is 0 Å². The van der Waals surface area contributed by atoms with Crippen LogP contribution in [0.25, 0.3) is 0 Å². The van der Waals surface area contributed by atoms with Crippen LogP contribution in [-0.2, 0) is 11.3 Å². The lowest BCUT2D eigenvalue weighted by atomic mass is 9.82. The first-order chi connectivity index (χ1) is 8.09. The third-order valence-electron chi connectivity index (χ3n) is 3.12. The molecule has 5 heteroatoms. The fourth-order valence-electron chi connectivity index (χ4n) is 1.80. The van der Waals surface area contributed by atoms with Crippen LogP contribution in [-0.4, -0.2) is 27.8 Å². The number of aromatic nitrogens is 2. The molecule has 1 rings (SSSR count). The molecule has 1 heterocycles. The number of nitriles is 1. The Hall–Kier alpha value is -1.83. The molecule has 0 saturated heterocycles. The number of hydrogen-bond acceptors (Lipinski definition) is 3. The number of aromatic amines is 1. The lowest BCUT2D eigenvalue weighted by molar-refractivity contribution is -0.138. The Bertz CT molecular complexity index is 401. The Balaban J connectivity index is 2.78. The van der Waals surface area contributed by atoms with Crippen LogP contribution in [0.5, 0.6) is 0 Å². The van der Waals surface area contributed by atoms with E-state index in [1.165, 1.54) is 0 Å². The molecule has 0 radical (unpaired) electrons. The van der Waals surface area contributed by atoms with Crippen molar-refractivity contribution in [3.05, 3.63) is 18.2 Å². The maximum Gasteiger partial charge on any atom is 0.243 e. The number of nitrogens with one attached hydrogen (secondary N) is 1. The first-order valence-corrected chi connectivity index (χ1v) is 5.74. The summed E-state index contributed by atoms with van der Waals surface area (Å²) in [6.07, 6.45) is 4.42. The molecule has 0 saturated carbocycles. The van der Waals surface area contributed by atoms with Crippen LogP contribution < -0.4 is 0 Å². The minimum absolute atomic E-state index is 0.138. The second kappa shape index (κ2) is 5.48. The summed E-state index contributed by atoms with van der Waals surface area (Å²) in [4.78, 5) is 20.8. The van der Waals surface area contributed by atoms with Gasteiger partial charge in [0.1, 0.15) is 11.2 Å². The van der Waals surface area contributed by atoms with Crippen LogP contribution in [0.1, 0.15) is 32.5 Å². The fraction of sp³-hybridized carbons (Fsp3) is 0.583. The maximum atomic E-state index is 12.2. The van der Waals surface area contributed by atoms with E-state index < -0.39 is 5.41 Å². The lowest BCUT2D eigenvalue weighted by Gasteiger charge is -2.27. The van der Waals surface area contributed by atoms with E-state index in [-0.39, 0.29) is 5.91 Å². The van der Waals surface area contributed by atoms with Gasteiger partial charge in [0, 0.05) is 19.4 Å². The quantitative estimate of drug-likeness (QED) is 0.842. The van der Waals surface area contributed by atoms with E-state index >= 15 is 0 Å². The van der Waals surface area contributed by atoms with Crippen molar-refractivity contribution in [1.82, 2.24) is 14.9 Å². The average Bonchev–Trinajstić information content (AvgIpc) is 2.84. The highest BCUT2D eigenvalue weighted by molar-refractivity contribution is 5.85. The predicted octanol–water partition coefficient (Wildman–Crippen LogP) is 1.70. The Morgan fingerprint density at radius 3 is 2.65 bits per heavy atom. The molecule has 1 N–H and O–H groups in total. The highest BCUT2D eigenvalue weighted by atomic mass is 16.2. The van der Waals surface area contributed by atoms with Crippen LogP contribution in [0, 0.1) is 16.7 Å². The zero-order valence-electron chi connectivity index (χ0n) is 10.5. The minimum atomic E-state index is -0.901. The number of amides is 1. The molecule has 0 aromatic carbocycles. The van der Waals surface area contributed by atoms with Crippen molar-refractivity contribution in [3.8, 4) is 6.07 Å². The second-order valence-corrected chi connectivity index (χ2v) is 4.10. The molecule has 92 valence electrons. The van der Waals surface area contributed by atoms with Crippen molar-refractivity contribution in [2.45, 2.75) is 33.2 Å². The summed E-state index contributed by atoms with van der Waals surface area (Å²) in [5.41, 5.74) is -0.901. The van der Waals surface area contributed by atoms with Gasteiger partial charge in [-0.25, -0.2) is 4.98 Å². The Morgan fingerprint density at radius 2 is 2.24 bits per heavy atom. The fourth-order valence-corrected chi connectivity index (χ4v) is 1.80. The Morgan fingerprint density at radius 1 is 1.59 bits per heavy atom. The molecule has 17 heavy (non-hydrogen) atoms. The molecule has 0 aliphatic carbocycles. The first kappa shape index (κ1) is 13.2. The topological polar surface area (TPSA) is 72.8 Å². The lowest BCUT2D eigenvalue weighted by Crippen LogP contribution is -2.40. The molecule has 0 bridgehead atoms. The van der Waals surface area contributed by atoms with Gasteiger partial charge in [-0.2, -0.15) is 5.26 Å². The van der Waals surface area contributed by atoms with Gasteiger partial charge in [-0.3, -0.25) is 4.79 Å². The SMILES string of the molecule is CCC(C#N)(CC)C(=O)N(C)Cc1ncc[nH]1. The van der Waals surface area contributed by atoms with Gasteiger partial charge < -0.3 is 9.88 Å². The Labute approximate surface area is 101 Å². The van der Waals surface area contributed by atoms with Gasteiger partial charge in [-0.05, 0) is 12.8 Å². The van der Waals surface area contributed by atoms with Crippen LogP contribution in [0.4, 0.5) is 0 Å². The van der Waals surface area contributed by atoms with Crippen molar-refractivity contribution in [2.75, 3.05) is 7.05 Å². The van der Waals surface area contributed by atoms with Gasteiger partial charge in [0.15, 0.2) is 0 Å². The van der Waals surface area contributed by atoms with Crippen molar-refractivity contribution < 1.29 is 4.79 Å². The highest BCUT2D eigenvalue weighted by Gasteiger charge is 2.37. The van der Waals surface area contributed by atoms with Gasteiger partial charge >= 0.3 is 0 Å². The summed E-state index contributed by atoms with van der Waals surface area (Å²) in [6.45, 7) is 4.13. The van der Waals surface area contributed by atoms with Gasteiger partial charge in [0.05, 0.1) is 12.6 Å². The maximum absolute atomic E-state index is 12.2. The number of imidazole rings is 1. The number of carbonyl (C=O) groups is 1. The van der Waals surface area contributed by atoms with Gasteiger partial charge in [0.2, 0.25) is 5.91 Å². The highest BCUT2D eigenvalue weighted by Crippen LogP contribution is 2.27. The molecule has 0 unspecified atom stereocenters. The summed E-state index contributed by atoms with van der Waals surface area (Å²) in [7, 11) is 1.70. The summed E-state index contributed by atoms with van der Waals surface area (Å²) in [6, 6.07) is 2.15. The molecule has 0 atom stereocenters. The smallest absolute Gasteiger partial charge is 0.243 e. The van der Waals surface area contributed by atoms with E-state index in [9.17, 15) is 10.1 Å². The summed E-state index contributed by atoms with van der Waals surface area (Å²) < 4.78 is 0. The molecular weight excluding hydrogens is 216 g/mol. The van der Waals surface area contributed by atoms with Crippen molar-refractivity contribution >= 4 is 5.91 Å². The minimum Gasteiger partial charge on any atom is -0.347 e. The van der Waals surface area contributed by atoms with Crippen LogP contribution in [0.3, 0.4) is 0 Å². The molecule has 0 spiro atoms. The first-order valence-electron chi connectivity index (χ1n) is 5.74. The molecule has 0 fully saturated rings. The van der Waals surface area contributed by atoms with Crippen molar-refractivity contribution in [1.29, 1.82) is 5.26 Å². The van der Waals surface area contributed by atoms with Crippen LogP contribution >= 0.6 is 0 Å². The monoisotopic (exact) mass is 234 g/mol. The van der Waals surface area contributed by atoms with E-state index in [4.69, 9.17) is 0 Å². The molecule has 1 amide bonds. The molecular formula is C12H18N4O. The number of carbonyl (C=O) groups excluding carboxylic acids is 1. The Kier molecular flexibility index (Phi) is 4.27. The summed E-state index contributed by atoms with van der Waals surface area (Å²) in [5, 5.41) is 9.20. The number of rotatable bonds is 5. The van der Waals surface area contributed by atoms with Crippen molar-refractivity contribution in [3.63, 3.8) is 0 Å². The molecule has 1 aromatic rings. The third-order valence-corrected chi connectivity index (χ3v) is 3.12. The zero-order valence-corrected chi connectivity index (χ0v) is 10.5. The van der Waals surface area contributed by atoms with E-state index in [0.29, 0.717) is 19.4 Å². The molecule has 0 aliphatic heterocycles. The van der Waals surface area contributed by atoms with Crippen LogP contribution in [0.15, 0.2) is 12.4 Å². The summed E-state index contributed by atoms with van der Waals surface area (Å²) in [5.74, 6) is 0.585. The summed E-state index contributed by atoms with van der Waals surface area (Å²) >= 11 is 0. The molecule has 5 nitrogen and oxygen atoms in total. The number of H-pyrrole nitrogens is 1. The molecule has 0 aliphatic rings. The van der Waals surface area contributed by atoms with Gasteiger partial charge in [-0.15, -0.1) is 0 Å².